The molecule has 2 rings (SSSR count). The van der Waals surface area contributed by atoms with E-state index in [1.165, 1.54) is 6.33 Å². The lowest BCUT2D eigenvalue weighted by Gasteiger charge is -2.26. The van der Waals surface area contributed by atoms with E-state index in [2.05, 4.69) is 21.8 Å². The minimum absolute atomic E-state index is 0.0971. The third-order valence-electron chi connectivity index (χ3n) is 3.06. The molecule has 1 aromatic carbocycles. The monoisotopic (exact) mass is 286 g/mol. The minimum Gasteiger partial charge on any atom is -0.373 e. The Morgan fingerprint density at radius 2 is 1.95 bits per heavy atom. The fraction of sp³-hybridized carbons (Fsp3) is 0.250. The molecule has 0 fully saturated rings. The van der Waals surface area contributed by atoms with Gasteiger partial charge in [-0.05, 0) is 24.1 Å². The van der Waals surface area contributed by atoms with Crippen molar-refractivity contribution in [3.63, 3.8) is 0 Å². The Kier molecular flexibility index (Phi) is 4.39. The molecule has 0 amide bonds. The molecule has 0 radical (unpaired) electrons. The van der Waals surface area contributed by atoms with Crippen molar-refractivity contribution in [3.05, 3.63) is 59.1 Å². The average molecular weight is 287 g/mol. The highest BCUT2D eigenvalue weighted by atomic mass is 35.5. The van der Waals surface area contributed by atoms with Crippen LogP contribution >= 0.6 is 11.6 Å². The summed E-state index contributed by atoms with van der Waals surface area (Å²) < 4.78 is 0. The van der Waals surface area contributed by atoms with Gasteiger partial charge in [0.25, 0.3) is 0 Å². The summed E-state index contributed by atoms with van der Waals surface area (Å²) in [4.78, 5) is 7.88. The van der Waals surface area contributed by atoms with Crippen LogP contribution in [0.3, 0.4) is 0 Å². The van der Waals surface area contributed by atoms with Crippen molar-refractivity contribution in [1.82, 2.24) is 9.97 Å². The van der Waals surface area contributed by atoms with Crippen LogP contribution in [0.25, 0.3) is 0 Å². The summed E-state index contributed by atoms with van der Waals surface area (Å²) in [6.45, 7) is 3.80. The van der Waals surface area contributed by atoms with E-state index >= 15 is 0 Å². The second-order valence-corrected chi connectivity index (χ2v) is 5.25. The van der Waals surface area contributed by atoms with Crippen molar-refractivity contribution < 1.29 is 5.11 Å². The van der Waals surface area contributed by atoms with Crippen LogP contribution in [0, 0.1) is 17.8 Å². The lowest BCUT2D eigenvalue weighted by Crippen LogP contribution is -2.30. The molecule has 2 aromatic rings. The van der Waals surface area contributed by atoms with Gasteiger partial charge in [-0.2, -0.15) is 0 Å². The van der Waals surface area contributed by atoms with Crippen molar-refractivity contribution in [2.24, 2.45) is 5.92 Å². The lowest BCUT2D eigenvalue weighted by atomic mass is 9.85. The minimum atomic E-state index is -1.29. The van der Waals surface area contributed by atoms with Crippen LogP contribution in [-0.4, -0.2) is 15.1 Å². The van der Waals surface area contributed by atoms with Crippen molar-refractivity contribution in [2.45, 2.75) is 19.4 Å². The fourth-order valence-corrected chi connectivity index (χ4v) is 1.97. The number of benzene rings is 1. The topological polar surface area (TPSA) is 46.0 Å². The van der Waals surface area contributed by atoms with E-state index < -0.39 is 5.60 Å². The van der Waals surface area contributed by atoms with Crippen molar-refractivity contribution >= 4 is 11.6 Å². The first-order chi connectivity index (χ1) is 9.52. The van der Waals surface area contributed by atoms with Gasteiger partial charge in [0.1, 0.15) is 6.33 Å². The molecule has 20 heavy (non-hydrogen) atoms. The maximum atomic E-state index is 10.8. The summed E-state index contributed by atoms with van der Waals surface area (Å²) in [6.07, 6.45) is 4.59. The van der Waals surface area contributed by atoms with Gasteiger partial charge in [0, 0.05) is 28.5 Å². The third-order valence-corrected chi connectivity index (χ3v) is 3.29. The number of nitrogens with zero attached hydrogens (tertiary/aromatic N) is 2. The fourth-order valence-electron chi connectivity index (χ4n) is 1.78. The van der Waals surface area contributed by atoms with Crippen molar-refractivity contribution in [2.75, 3.05) is 0 Å². The number of aliphatic hydroxyl groups is 1. The number of halogens is 1. The highest BCUT2D eigenvalue weighted by Gasteiger charge is 2.31. The first kappa shape index (κ1) is 14.5. The summed E-state index contributed by atoms with van der Waals surface area (Å²) in [6, 6.07) is 7.22. The van der Waals surface area contributed by atoms with Gasteiger partial charge in [0.2, 0.25) is 0 Å². The van der Waals surface area contributed by atoms with E-state index in [1.54, 1.807) is 24.5 Å². The van der Waals surface area contributed by atoms with Crippen molar-refractivity contribution in [1.29, 1.82) is 0 Å². The quantitative estimate of drug-likeness (QED) is 0.863. The molecule has 0 aliphatic rings. The van der Waals surface area contributed by atoms with Crippen LogP contribution in [0.5, 0.6) is 0 Å². The molecule has 1 aromatic heterocycles. The van der Waals surface area contributed by atoms with Gasteiger partial charge < -0.3 is 5.11 Å². The van der Waals surface area contributed by atoms with Crippen LogP contribution in [0.1, 0.15) is 25.0 Å². The summed E-state index contributed by atoms with van der Waals surface area (Å²) in [5.74, 6) is 5.79. The molecule has 0 saturated heterocycles. The van der Waals surface area contributed by atoms with E-state index in [-0.39, 0.29) is 5.92 Å². The third kappa shape index (κ3) is 3.16. The van der Waals surface area contributed by atoms with Crippen molar-refractivity contribution in [3.8, 4) is 11.8 Å². The second-order valence-electron chi connectivity index (χ2n) is 4.81. The zero-order valence-electron chi connectivity index (χ0n) is 11.3. The zero-order chi connectivity index (χ0) is 14.6. The SMILES string of the molecule is CC(C)C(O)(C#Cc1cccc(Cl)c1)c1cncnc1. The molecule has 1 N–H and O–H groups in total. The van der Waals surface area contributed by atoms with E-state index in [4.69, 9.17) is 11.6 Å². The normalized spacial score (nSPS) is 13.4. The second kappa shape index (κ2) is 6.04. The van der Waals surface area contributed by atoms with E-state index in [9.17, 15) is 5.11 Å². The molecule has 0 aliphatic carbocycles. The highest BCUT2D eigenvalue weighted by Crippen LogP contribution is 2.28. The van der Waals surface area contributed by atoms with Crippen LogP contribution in [-0.2, 0) is 5.60 Å². The molecule has 0 saturated carbocycles. The van der Waals surface area contributed by atoms with Crippen LogP contribution < -0.4 is 0 Å². The summed E-state index contributed by atoms with van der Waals surface area (Å²) >= 11 is 5.92. The number of aromatic nitrogens is 2. The molecule has 4 heteroatoms. The first-order valence-corrected chi connectivity index (χ1v) is 6.67. The lowest BCUT2D eigenvalue weighted by molar-refractivity contribution is 0.0496. The van der Waals surface area contributed by atoms with E-state index in [1.807, 2.05) is 26.0 Å². The standard InChI is InChI=1S/C16H15ClN2O/c1-12(2)16(20,14-9-18-11-19-10-14)7-6-13-4-3-5-15(17)8-13/h3-5,8-12,20H,1-2H3. The zero-order valence-corrected chi connectivity index (χ0v) is 12.1. The maximum absolute atomic E-state index is 10.8. The van der Waals surface area contributed by atoms with Gasteiger partial charge in [-0.15, -0.1) is 0 Å². The number of rotatable bonds is 2. The molecule has 102 valence electrons. The Morgan fingerprint density at radius 1 is 1.25 bits per heavy atom. The van der Waals surface area contributed by atoms with E-state index in [0.717, 1.165) is 5.56 Å². The smallest absolute Gasteiger partial charge is 0.156 e. The predicted octanol–water partition coefficient (Wildman–Crippen LogP) is 3.03. The van der Waals surface area contributed by atoms with Gasteiger partial charge >= 0.3 is 0 Å². The van der Waals surface area contributed by atoms with Gasteiger partial charge in [-0.1, -0.05) is 43.4 Å². The molecule has 0 bridgehead atoms. The molecule has 3 nitrogen and oxygen atoms in total. The molecule has 0 aliphatic heterocycles. The molecule has 1 atom stereocenters. The Hall–Kier alpha value is -1.89. The van der Waals surface area contributed by atoms with Crippen LogP contribution in [0.2, 0.25) is 5.02 Å². The van der Waals surface area contributed by atoms with Gasteiger partial charge in [-0.25, -0.2) is 9.97 Å². The largest absolute Gasteiger partial charge is 0.373 e. The molecular formula is C16H15ClN2O. The van der Waals surface area contributed by atoms with Gasteiger partial charge in [0.05, 0.1) is 0 Å². The number of hydrogen-bond donors (Lipinski definition) is 1. The van der Waals surface area contributed by atoms with E-state index in [0.29, 0.717) is 10.6 Å². The average Bonchev–Trinajstić information content (AvgIpc) is 2.45. The summed E-state index contributed by atoms with van der Waals surface area (Å²) in [7, 11) is 0. The maximum Gasteiger partial charge on any atom is 0.156 e. The Balaban J connectivity index is 2.41. The Morgan fingerprint density at radius 3 is 2.55 bits per heavy atom. The number of hydrogen-bond acceptors (Lipinski definition) is 3. The van der Waals surface area contributed by atoms with Gasteiger partial charge in [-0.3, -0.25) is 0 Å². The molecule has 1 unspecified atom stereocenters. The molecule has 0 spiro atoms. The van der Waals surface area contributed by atoms with Crippen LogP contribution in [0.4, 0.5) is 0 Å². The Bertz CT molecular complexity index is 646. The molecule has 1 heterocycles. The predicted molar refractivity (Wildman–Crippen MR) is 79.1 cm³/mol. The summed E-state index contributed by atoms with van der Waals surface area (Å²) in [5.41, 5.74) is 0.0572. The highest BCUT2D eigenvalue weighted by molar-refractivity contribution is 6.30. The Labute approximate surface area is 123 Å². The summed E-state index contributed by atoms with van der Waals surface area (Å²) in [5, 5.41) is 11.4. The molecular weight excluding hydrogens is 272 g/mol. The first-order valence-electron chi connectivity index (χ1n) is 6.29. The van der Waals surface area contributed by atoms with Gasteiger partial charge in [0.15, 0.2) is 5.60 Å². The van der Waals surface area contributed by atoms with Crippen LogP contribution in [0.15, 0.2) is 43.0 Å².